The summed E-state index contributed by atoms with van der Waals surface area (Å²) in [5.74, 6) is 0.106. The number of hydrogen-bond acceptors (Lipinski definition) is 3. The second-order valence-corrected chi connectivity index (χ2v) is 5.26. The highest BCUT2D eigenvalue weighted by atomic mass is 19.4. The molecule has 1 aromatic heterocycles. The molecule has 0 saturated heterocycles. The largest absolute Gasteiger partial charge is 0.416 e. The van der Waals surface area contributed by atoms with Crippen molar-refractivity contribution < 1.29 is 17.6 Å². The molecule has 0 atom stereocenters. The summed E-state index contributed by atoms with van der Waals surface area (Å²) in [5.41, 5.74) is 0.708. The van der Waals surface area contributed by atoms with E-state index in [2.05, 4.69) is 15.3 Å². The average molecular weight is 335 g/mol. The highest BCUT2D eigenvalue weighted by Gasteiger charge is 2.29. The first-order chi connectivity index (χ1) is 11.4. The lowest BCUT2D eigenvalue weighted by Crippen LogP contribution is -2.08. The smallest absolute Gasteiger partial charge is 0.369 e. The fourth-order valence-electron chi connectivity index (χ4n) is 2.36. The van der Waals surface area contributed by atoms with Crippen molar-refractivity contribution in [3.8, 4) is 0 Å². The van der Waals surface area contributed by atoms with Crippen molar-refractivity contribution in [2.24, 2.45) is 0 Å². The monoisotopic (exact) mass is 335 g/mol. The Morgan fingerprint density at radius 2 is 1.71 bits per heavy atom. The molecular formula is C17H13F4N3. The summed E-state index contributed by atoms with van der Waals surface area (Å²) >= 11 is 0. The molecule has 24 heavy (non-hydrogen) atoms. The van der Waals surface area contributed by atoms with Gasteiger partial charge in [-0.25, -0.2) is 14.4 Å². The molecule has 0 fully saturated rings. The number of nitrogens with zero attached hydrogens (tertiary/aromatic N) is 2. The van der Waals surface area contributed by atoms with Gasteiger partial charge in [0.1, 0.15) is 18.0 Å². The Labute approximate surface area is 135 Å². The van der Waals surface area contributed by atoms with Crippen LogP contribution in [-0.2, 0) is 12.6 Å². The number of anilines is 1. The summed E-state index contributed by atoms with van der Waals surface area (Å²) < 4.78 is 50.9. The van der Waals surface area contributed by atoms with Gasteiger partial charge in [0.25, 0.3) is 0 Å². The Hall–Kier alpha value is -2.70. The minimum absolute atomic E-state index is 0.386. The van der Waals surface area contributed by atoms with Gasteiger partial charge in [-0.3, -0.25) is 0 Å². The molecule has 3 aromatic rings. The third-order valence-electron chi connectivity index (χ3n) is 3.58. The molecule has 0 aliphatic rings. The minimum atomic E-state index is -4.33. The molecule has 124 valence electrons. The standard InChI is InChI=1S/C17H13F4N3/c18-13-5-6-15-14(9-13)16(24-10-23-15)22-8-7-11-1-3-12(4-2-11)17(19,20)21/h1-6,9-10H,7-8H2,(H,22,23,24). The fraction of sp³-hybridized carbons (Fsp3) is 0.176. The van der Waals surface area contributed by atoms with Crippen LogP contribution in [0.2, 0.25) is 0 Å². The second kappa shape index (κ2) is 6.43. The van der Waals surface area contributed by atoms with E-state index in [1.54, 1.807) is 6.07 Å². The van der Waals surface area contributed by atoms with E-state index in [1.165, 1.54) is 30.6 Å². The lowest BCUT2D eigenvalue weighted by atomic mass is 10.1. The number of nitrogens with one attached hydrogen (secondary N) is 1. The molecule has 0 saturated carbocycles. The van der Waals surface area contributed by atoms with Gasteiger partial charge in [-0.05, 0) is 42.3 Å². The molecular weight excluding hydrogens is 322 g/mol. The average Bonchev–Trinajstić information content (AvgIpc) is 2.55. The SMILES string of the molecule is Fc1ccc2ncnc(NCCc3ccc(C(F)(F)F)cc3)c2c1. The number of rotatable bonds is 4. The van der Waals surface area contributed by atoms with Crippen molar-refractivity contribution in [3.63, 3.8) is 0 Å². The summed E-state index contributed by atoms with van der Waals surface area (Å²) in [6, 6.07) is 9.24. The molecule has 0 radical (unpaired) electrons. The van der Waals surface area contributed by atoms with Crippen LogP contribution in [0.5, 0.6) is 0 Å². The van der Waals surface area contributed by atoms with E-state index in [0.29, 0.717) is 29.7 Å². The molecule has 1 heterocycles. The van der Waals surface area contributed by atoms with Gasteiger partial charge in [0.15, 0.2) is 0 Å². The molecule has 0 bridgehead atoms. The number of hydrogen-bond donors (Lipinski definition) is 1. The van der Waals surface area contributed by atoms with E-state index in [1.807, 2.05) is 0 Å². The zero-order chi connectivity index (χ0) is 17.2. The number of aromatic nitrogens is 2. The van der Waals surface area contributed by atoms with Crippen LogP contribution in [0, 0.1) is 5.82 Å². The van der Waals surface area contributed by atoms with E-state index in [9.17, 15) is 17.6 Å². The predicted octanol–water partition coefficient (Wildman–Crippen LogP) is 4.44. The minimum Gasteiger partial charge on any atom is -0.369 e. The van der Waals surface area contributed by atoms with E-state index in [-0.39, 0.29) is 5.82 Å². The van der Waals surface area contributed by atoms with Crippen molar-refractivity contribution >= 4 is 16.7 Å². The molecule has 0 aliphatic heterocycles. The molecule has 0 amide bonds. The maximum absolute atomic E-state index is 13.4. The molecule has 7 heteroatoms. The van der Waals surface area contributed by atoms with Crippen LogP contribution in [0.15, 0.2) is 48.8 Å². The zero-order valence-corrected chi connectivity index (χ0v) is 12.4. The summed E-state index contributed by atoms with van der Waals surface area (Å²) in [5, 5.41) is 3.63. The maximum atomic E-state index is 13.4. The Morgan fingerprint density at radius 3 is 2.42 bits per heavy atom. The number of halogens is 4. The van der Waals surface area contributed by atoms with Gasteiger partial charge in [0.2, 0.25) is 0 Å². The van der Waals surface area contributed by atoms with Gasteiger partial charge in [0, 0.05) is 11.9 Å². The van der Waals surface area contributed by atoms with Crippen LogP contribution in [0.25, 0.3) is 10.9 Å². The maximum Gasteiger partial charge on any atom is 0.416 e. The quantitative estimate of drug-likeness (QED) is 0.716. The normalized spacial score (nSPS) is 11.7. The molecule has 1 N–H and O–H groups in total. The van der Waals surface area contributed by atoms with E-state index in [0.717, 1.165) is 17.7 Å². The molecule has 0 aliphatic carbocycles. The lowest BCUT2D eigenvalue weighted by Gasteiger charge is -2.10. The highest BCUT2D eigenvalue weighted by molar-refractivity contribution is 5.88. The van der Waals surface area contributed by atoms with Crippen LogP contribution in [0.1, 0.15) is 11.1 Å². The number of benzene rings is 2. The van der Waals surface area contributed by atoms with Crippen molar-refractivity contribution in [1.82, 2.24) is 9.97 Å². The van der Waals surface area contributed by atoms with Crippen molar-refractivity contribution in [2.45, 2.75) is 12.6 Å². The fourth-order valence-corrected chi connectivity index (χ4v) is 2.36. The van der Waals surface area contributed by atoms with Crippen LogP contribution in [-0.4, -0.2) is 16.5 Å². The third kappa shape index (κ3) is 3.61. The Kier molecular flexibility index (Phi) is 4.33. The molecule has 2 aromatic carbocycles. The van der Waals surface area contributed by atoms with Gasteiger partial charge in [0.05, 0.1) is 11.1 Å². The van der Waals surface area contributed by atoms with Gasteiger partial charge in [-0.1, -0.05) is 12.1 Å². The van der Waals surface area contributed by atoms with Crippen molar-refractivity contribution in [3.05, 3.63) is 65.7 Å². The van der Waals surface area contributed by atoms with Crippen LogP contribution >= 0.6 is 0 Å². The summed E-state index contributed by atoms with van der Waals surface area (Å²) in [7, 11) is 0. The number of alkyl halides is 3. The first-order valence-electron chi connectivity index (χ1n) is 7.24. The van der Waals surface area contributed by atoms with Crippen LogP contribution in [0.3, 0.4) is 0 Å². The Balaban J connectivity index is 1.68. The van der Waals surface area contributed by atoms with Crippen molar-refractivity contribution in [2.75, 3.05) is 11.9 Å². The molecule has 3 nitrogen and oxygen atoms in total. The van der Waals surface area contributed by atoms with Crippen molar-refractivity contribution in [1.29, 1.82) is 0 Å². The lowest BCUT2D eigenvalue weighted by molar-refractivity contribution is -0.137. The number of fused-ring (bicyclic) bond motifs is 1. The van der Waals surface area contributed by atoms with E-state index >= 15 is 0 Å². The predicted molar refractivity (Wildman–Crippen MR) is 83.1 cm³/mol. The van der Waals surface area contributed by atoms with E-state index in [4.69, 9.17) is 0 Å². The molecule has 0 spiro atoms. The first kappa shape index (κ1) is 16.2. The molecule has 0 unspecified atom stereocenters. The Bertz CT molecular complexity index is 845. The van der Waals surface area contributed by atoms with Gasteiger partial charge < -0.3 is 5.32 Å². The highest BCUT2D eigenvalue weighted by Crippen LogP contribution is 2.29. The molecule has 3 rings (SSSR count). The second-order valence-electron chi connectivity index (χ2n) is 5.26. The van der Waals surface area contributed by atoms with Crippen LogP contribution in [0.4, 0.5) is 23.4 Å². The van der Waals surface area contributed by atoms with E-state index < -0.39 is 11.7 Å². The van der Waals surface area contributed by atoms with Gasteiger partial charge in [-0.15, -0.1) is 0 Å². The first-order valence-corrected chi connectivity index (χ1v) is 7.24. The summed E-state index contributed by atoms with van der Waals surface area (Å²) in [6.45, 7) is 0.452. The summed E-state index contributed by atoms with van der Waals surface area (Å²) in [4.78, 5) is 8.15. The summed E-state index contributed by atoms with van der Waals surface area (Å²) in [6.07, 6.45) is -2.44. The zero-order valence-electron chi connectivity index (χ0n) is 12.4. The van der Waals surface area contributed by atoms with Gasteiger partial charge in [-0.2, -0.15) is 13.2 Å². The third-order valence-corrected chi connectivity index (χ3v) is 3.58. The Morgan fingerprint density at radius 1 is 0.958 bits per heavy atom. The van der Waals surface area contributed by atoms with Crippen LogP contribution < -0.4 is 5.32 Å². The topological polar surface area (TPSA) is 37.8 Å². The van der Waals surface area contributed by atoms with Gasteiger partial charge >= 0.3 is 6.18 Å².